The van der Waals surface area contributed by atoms with E-state index in [9.17, 15) is 0 Å². The molecule has 0 bridgehead atoms. The predicted molar refractivity (Wildman–Crippen MR) is 143 cm³/mol. The SMILES string of the molecule is CCCc1nc2c(C)cc(C)nc2n1Cc1ccc2oc(-c3ccccc3-c3nn[nH]n3)c(Br)c2c1. The molecule has 4 aromatic heterocycles. The van der Waals surface area contributed by atoms with Gasteiger partial charge in [-0.2, -0.15) is 5.21 Å². The van der Waals surface area contributed by atoms with Crippen molar-refractivity contribution < 1.29 is 4.42 Å². The van der Waals surface area contributed by atoms with Crippen LogP contribution in [0.3, 0.4) is 0 Å². The molecular formula is C27H24BrN7O. The molecule has 6 aromatic rings. The topological polar surface area (TPSA) is 98.3 Å². The second kappa shape index (κ2) is 8.98. The minimum Gasteiger partial charge on any atom is -0.455 e. The van der Waals surface area contributed by atoms with Crippen molar-refractivity contribution in [2.45, 2.75) is 40.2 Å². The van der Waals surface area contributed by atoms with Gasteiger partial charge in [0.1, 0.15) is 22.7 Å². The maximum absolute atomic E-state index is 6.31. The lowest BCUT2D eigenvalue weighted by Gasteiger charge is -2.09. The van der Waals surface area contributed by atoms with E-state index in [2.05, 4.69) is 73.2 Å². The molecule has 9 heteroatoms. The Balaban J connectivity index is 1.44. The average molecular weight is 542 g/mol. The van der Waals surface area contributed by atoms with Crippen LogP contribution in [0.4, 0.5) is 0 Å². The highest BCUT2D eigenvalue weighted by atomic mass is 79.9. The Morgan fingerprint density at radius 1 is 1.03 bits per heavy atom. The highest BCUT2D eigenvalue weighted by molar-refractivity contribution is 9.10. The van der Waals surface area contributed by atoms with Crippen LogP contribution in [0.5, 0.6) is 0 Å². The number of tetrazole rings is 1. The number of aryl methyl sites for hydroxylation is 3. The van der Waals surface area contributed by atoms with Crippen molar-refractivity contribution in [1.82, 2.24) is 35.2 Å². The lowest BCUT2D eigenvalue weighted by Crippen LogP contribution is -2.06. The molecule has 4 heterocycles. The third-order valence-electron chi connectivity index (χ3n) is 6.37. The van der Waals surface area contributed by atoms with E-state index in [0.29, 0.717) is 12.4 Å². The van der Waals surface area contributed by atoms with Crippen molar-refractivity contribution in [3.63, 3.8) is 0 Å². The zero-order valence-electron chi connectivity index (χ0n) is 20.2. The van der Waals surface area contributed by atoms with E-state index in [1.54, 1.807) is 0 Å². The van der Waals surface area contributed by atoms with Crippen molar-refractivity contribution in [3.05, 3.63) is 75.6 Å². The smallest absolute Gasteiger partial charge is 0.205 e. The lowest BCUT2D eigenvalue weighted by atomic mass is 10.0. The van der Waals surface area contributed by atoms with E-state index in [-0.39, 0.29) is 0 Å². The summed E-state index contributed by atoms with van der Waals surface area (Å²) in [4.78, 5) is 9.80. The highest BCUT2D eigenvalue weighted by Crippen LogP contribution is 2.41. The molecule has 0 saturated heterocycles. The quantitative estimate of drug-likeness (QED) is 0.261. The second-order valence-electron chi connectivity index (χ2n) is 8.97. The van der Waals surface area contributed by atoms with Crippen LogP contribution in [0.15, 0.2) is 57.4 Å². The summed E-state index contributed by atoms with van der Waals surface area (Å²) in [5.41, 5.74) is 7.78. The number of fused-ring (bicyclic) bond motifs is 2. The number of halogens is 1. The van der Waals surface area contributed by atoms with Gasteiger partial charge in [-0.15, -0.1) is 10.2 Å². The molecule has 0 amide bonds. The van der Waals surface area contributed by atoms with Crippen molar-refractivity contribution in [1.29, 1.82) is 0 Å². The number of pyridine rings is 1. The van der Waals surface area contributed by atoms with Gasteiger partial charge in [0.2, 0.25) is 5.82 Å². The Labute approximate surface area is 215 Å². The molecule has 0 aliphatic heterocycles. The maximum Gasteiger partial charge on any atom is 0.205 e. The fraction of sp³-hybridized carbons (Fsp3) is 0.222. The molecule has 0 aliphatic rings. The number of imidazole rings is 1. The van der Waals surface area contributed by atoms with Gasteiger partial charge in [0.15, 0.2) is 5.65 Å². The summed E-state index contributed by atoms with van der Waals surface area (Å²) in [5, 5.41) is 15.5. The minimum absolute atomic E-state index is 0.521. The molecule has 0 atom stereocenters. The van der Waals surface area contributed by atoms with E-state index in [0.717, 1.165) is 79.0 Å². The summed E-state index contributed by atoms with van der Waals surface area (Å²) in [7, 11) is 0. The summed E-state index contributed by atoms with van der Waals surface area (Å²) in [5.74, 6) is 2.32. The minimum atomic E-state index is 0.521. The van der Waals surface area contributed by atoms with Crippen LogP contribution < -0.4 is 0 Å². The number of nitrogens with zero attached hydrogens (tertiary/aromatic N) is 6. The number of hydrogen-bond acceptors (Lipinski definition) is 6. The van der Waals surface area contributed by atoms with Crippen LogP contribution in [0.2, 0.25) is 0 Å². The zero-order chi connectivity index (χ0) is 24.8. The van der Waals surface area contributed by atoms with Crippen molar-refractivity contribution >= 4 is 38.1 Å². The molecule has 8 nitrogen and oxygen atoms in total. The van der Waals surface area contributed by atoms with Gasteiger partial charge in [-0.25, -0.2) is 9.97 Å². The average Bonchev–Trinajstić information content (AvgIpc) is 3.60. The number of nitrogens with one attached hydrogen (secondary N) is 1. The molecule has 2 aromatic carbocycles. The number of H-pyrrole nitrogens is 1. The number of hydrogen-bond donors (Lipinski definition) is 1. The summed E-state index contributed by atoms with van der Waals surface area (Å²) in [6.45, 7) is 7.00. The first kappa shape index (κ1) is 22.6. The van der Waals surface area contributed by atoms with E-state index >= 15 is 0 Å². The van der Waals surface area contributed by atoms with Crippen molar-refractivity contribution in [3.8, 4) is 22.7 Å². The van der Waals surface area contributed by atoms with E-state index in [1.165, 1.54) is 0 Å². The van der Waals surface area contributed by atoms with Crippen LogP contribution in [0.1, 0.15) is 36.0 Å². The number of benzene rings is 2. The molecular weight excluding hydrogens is 518 g/mol. The summed E-state index contributed by atoms with van der Waals surface area (Å²) in [6, 6.07) is 16.3. The van der Waals surface area contributed by atoms with Gasteiger partial charge in [-0.3, -0.25) is 0 Å². The van der Waals surface area contributed by atoms with Crippen LogP contribution >= 0.6 is 15.9 Å². The number of aromatic amines is 1. The summed E-state index contributed by atoms with van der Waals surface area (Å²) >= 11 is 3.81. The van der Waals surface area contributed by atoms with Gasteiger partial charge in [0.25, 0.3) is 0 Å². The third-order valence-corrected chi connectivity index (χ3v) is 7.15. The van der Waals surface area contributed by atoms with Gasteiger partial charge in [0, 0.05) is 28.6 Å². The fourth-order valence-corrected chi connectivity index (χ4v) is 5.35. The molecule has 180 valence electrons. The molecule has 0 saturated carbocycles. The zero-order valence-corrected chi connectivity index (χ0v) is 21.8. The lowest BCUT2D eigenvalue weighted by molar-refractivity contribution is 0.629. The van der Waals surface area contributed by atoms with Crippen LogP contribution in [0, 0.1) is 13.8 Å². The Morgan fingerprint density at radius 2 is 1.86 bits per heavy atom. The Morgan fingerprint density at radius 3 is 2.64 bits per heavy atom. The first-order valence-corrected chi connectivity index (χ1v) is 12.7. The predicted octanol–water partition coefficient (Wildman–Crippen LogP) is 6.40. The molecule has 0 spiro atoms. The Hall–Kier alpha value is -3.85. The molecule has 1 N–H and O–H groups in total. The number of furan rings is 1. The molecule has 6 rings (SSSR count). The summed E-state index contributed by atoms with van der Waals surface area (Å²) < 4.78 is 9.46. The molecule has 0 fully saturated rings. The second-order valence-corrected chi connectivity index (χ2v) is 9.77. The first-order valence-electron chi connectivity index (χ1n) is 11.9. The first-order chi connectivity index (χ1) is 17.5. The van der Waals surface area contributed by atoms with E-state index < -0.39 is 0 Å². The van der Waals surface area contributed by atoms with E-state index in [4.69, 9.17) is 14.4 Å². The molecule has 0 radical (unpaired) electrons. The van der Waals surface area contributed by atoms with Crippen LogP contribution in [0.25, 0.3) is 44.8 Å². The van der Waals surface area contributed by atoms with Gasteiger partial charge < -0.3 is 8.98 Å². The van der Waals surface area contributed by atoms with E-state index in [1.807, 2.05) is 37.3 Å². The molecule has 0 aliphatic carbocycles. The number of aromatic nitrogens is 7. The maximum atomic E-state index is 6.31. The van der Waals surface area contributed by atoms with Gasteiger partial charge >= 0.3 is 0 Å². The monoisotopic (exact) mass is 541 g/mol. The van der Waals surface area contributed by atoms with Gasteiger partial charge in [-0.05, 0) is 70.7 Å². The Bertz CT molecular complexity index is 1720. The van der Waals surface area contributed by atoms with Gasteiger partial charge in [-0.1, -0.05) is 37.3 Å². The highest BCUT2D eigenvalue weighted by Gasteiger charge is 2.20. The fourth-order valence-electron chi connectivity index (χ4n) is 4.75. The molecule has 36 heavy (non-hydrogen) atoms. The third kappa shape index (κ3) is 3.80. The molecule has 0 unspecified atom stereocenters. The van der Waals surface area contributed by atoms with Crippen molar-refractivity contribution in [2.75, 3.05) is 0 Å². The Kier molecular flexibility index (Phi) is 5.64. The largest absolute Gasteiger partial charge is 0.455 e. The van der Waals surface area contributed by atoms with Crippen LogP contribution in [-0.2, 0) is 13.0 Å². The normalized spacial score (nSPS) is 11.7. The van der Waals surface area contributed by atoms with Gasteiger partial charge in [0.05, 0.1) is 11.0 Å². The van der Waals surface area contributed by atoms with Crippen molar-refractivity contribution in [2.24, 2.45) is 0 Å². The number of rotatable bonds is 6. The van der Waals surface area contributed by atoms with Crippen LogP contribution in [-0.4, -0.2) is 35.2 Å². The summed E-state index contributed by atoms with van der Waals surface area (Å²) in [6.07, 6.45) is 1.93. The standard InChI is InChI=1S/C27H24BrN7O/c1-4-7-22-30-24-15(2)12-16(3)29-27(24)35(22)14-17-10-11-21-20(13-17)23(28)25(36-21)18-8-5-6-9-19(18)26-31-33-34-32-26/h5-6,8-13H,4,7,14H2,1-3H3,(H,31,32,33,34).